The molecule has 0 aromatic heterocycles. The van der Waals surface area contributed by atoms with E-state index < -0.39 is 0 Å². The maximum atomic E-state index is 8.86. The summed E-state index contributed by atoms with van der Waals surface area (Å²) in [6.07, 6.45) is 10.2. The van der Waals surface area contributed by atoms with E-state index in [1.807, 2.05) is 0 Å². The van der Waals surface area contributed by atoms with Crippen LogP contribution in [0.1, 0.15) is 72.1 Å². The van der Waals surface area contributed by atoms with E-state index in [0.29, 0.717) is 12.0 Å². The third-order valence-corrected chi connectivity index (χ3v) is 4.71. The molecule has 0 aromatic rings. The second kappa shape index (κ2) is 9.12. The number of aliphatic hydroxyl groups is 1. The summed E-state index contributed by atoms with van der Waals surface area (Å²) in [4.78, 5) is 2.52. The van der Waals surface area contributed by atoms with Crippen molar-refractivity contribution < 1.29 is 5.11 Å². The third kappa shape index (κ3) is 8.18. The quantitative estimate of drug-likeness (QED) is 0.640. The van der Waals surface area contributed by atoms with Crippen LogP contribution in [0, 0.1) is 5.41 Å². The molecule has 0 aliphatic heterocycles. The second-order valence-corrected chi connectivity index (χ2v) is 8.19. The van der Waals surface area contributed by atoms with Crippen molar-refractivity contribution in [2.75, 3.05) is 33.3 Å². The van der Waals surface area contributed by atoms with Crippen molar-refractivity contribution in [1.29, 1.82) is 0 Å². The van der Waals surface area contributed by atoms with E-state index in [2.05, 4.69) is 38.0 Å². The van der Waals surface area contributed by atoms with Crippen LogP contribution in [0.15, 0.2) is 0 Å². The van der Waals surface area contributed by atoms with E-state index >= 15 is 0 Å². The van der Waals surface area contributed by atoms with Gasteiger partial charge in [-0.05, 0) is 71.9 Å². The van der Waals surface area contributed by atoms with E-state index in [9.17, 15) is 0 Å². The van der Waals surface area contributed by atoms with Crippen LogP contribution in [0.5, 0.6) is 0 Å². The van der Waals surface area contributed by atoms with Gasteiger partial charge in [0.05, 0.1) is 0 Å². The van der Waals surface area contributed by atoms with Crippen molar-refractivity contribution in [1.82, 2.24) is 10.2 Å². The molecule has 1 rings (SSSR count). The number of hydrogen-bond acceptors (Lipinski definition) is 3. The van der Waals surface area contributed by atoms with Crippen molar-refractivity contribution in [2.45, 2.75) is 77.7 Å². The molecule has 1 saturated carbocycles. The largest absolute Gasteiger partial charge is 0.396 e. The molecule has 0 saturated heterocycles. The van der Waals surface area contributed by atoms with Gasteiger partial charge in [-0.1, -0.05) is 19.3 Å². The van der Waals surface area contributed by atoms with Crippen LogP contribution in [0.3, 0.4) is 0 Å². The summed E-state index contributed by atoms with van der Waals surface area (Å²) in [6, 6.07) is 0. The summed E-state index contributed by atoms with van der Waals surface area (Å²) < 4.78 is 0. The number of hydrogen-bond donors (Lipinski definition) is 2. The molecule has 0 unspecified atom stereocenters. The molecule has 0 radical (unpaired) electrons. The minimum Gasteiger partial charge on any atom is -0.396 e. The van der Waals surface area contributed by atoms with Crippen LogP contribution in [0.4, 0.5) is 0 Å². The van der Waals surface area contributed by atoms with Crippen molar-refractivity contribution >= 4 is 0 Å². The first kappa shape index (κ1) is 18.9. The Morgan fingerprint density at radius 3 is 2.29 bits per heavy atom. The molecule has 0 amide bonds. The number of aliphatic hydroxyl groups excluding tert-OH is 1. The minimum atomic E-state index is 0.212. The number of rotatable bonds is 9. The Kier molecular flexibility index (Phi) is 8.22. The Bertz CT molecular complexity index is 267. The smallest absolute Gasteiger partial charge is 0.0431 e. The van der Waals surface area contributed by atoms with Gasteiger partial charge in [-0.15, -0.1) is 0 Å². The van der Waals surface area contributed by atoms with Gasteiger partial charge in [-0.2, -0.15) is 0 Å². The fraction of sp³-hybridized carbons (Fsp3) is 1.00. The van der Waals surface area contributed by atoms with Crippen molar-refractivity contribution in [3.05, 3.63) is 0 Å². The summed E-state index contributed by atoms with van der Waals surface area (Å²) in [5.41, 5.74) is 0.682. The third-order valence-electron chi connectivity index (χ3n) is 4.71. The molecule has 1 fully saturated rings. The lowest BCUT2D eigenvalue weighted by Crippen LogP contribution is -2.49. The molecule has 0 bridgehead atoms. The van der Waals surface area contributed by atoms with Gasteiger partial charge in [-0.25, -0.2) is 0 Å². The zero-order valence-corrected chi connectivity index (χ0v) is 14.9. The Morgan fingerprint density at radius 2 is 1.71 bits per heavy atom. The van der Waals surface area contributed by atoms with Gasteiger partial charge >= 0.3 is 0 Å². The molecule has 21 heavy (non-hydrogen) atoms. The summed E-state index contributed by atoms with van der Waals surface area (Å²) in [7, 11) is 2.27. The normalized spacial score (nSPS) is 19.1. The lowest BCUT2D eigenvalue weighted by molar-refractivity contribution is 0.107. The predicted molar refractivity (Wildman–Crippen MR) is 91.7 cm³/mol. The van der Waals surface area contributed by atoms with Crippen LogP contribution in [0.25, 0.3) is 0 Å². The zero-order chi connectivity index (χ0) is 15.8. The zero-order valence-electron chi connectivity index (χ0n) is 14.9. The topological polar surface area (TPSA) is 35.5 Å². The maximum absolute atomic E-state index is 8.86. The molecule has 3 heteroatoms. The van der Waals surface area contributed by atoms with Crippen LogP contribution < -0.4 is 5.32 Å². The Labute approximate surface area is 132 Å². The van der Waals surface area contributed by atoms with E-state index in [1.165, 1.54) is 45.1 Å². The van der Waals surface area contributed by atoms with Crippen molar-refractivity contribution in [2.24, 2.45) is 5.41 Å². The summed E-state index contributed by atoms with van der Waals surface area (Å²) in [5, 5.41) is 12.6. The highest BCUT2D eigenvalue weighted by atomic mass is 16.2. The molecule has 1 aliphatic carbocycles. The number of unbranched alkanes of at least 4 members (excludes halogenated alkanes) is 2. The van der Waals surface area contributed by atoms with Crippen LogP contribution in [-0.4, -0.2) is 48.8 Å². The Morgan fingerprint density at radius 1 is 1.05 bits per heavy atom. The number of nitrogens with one attached hydrogen (secondary N) is 1. The molecule has 0 spiro atoms. The van der Waals surface area contributed by atoms with Crippen LogP contribution in [-0.2, 0) is 0 Å². The molecule has 0 aromatic carbocycles. The van der Waals surface area contributed by atoms with Crippen molar-refractivity contribution in [3.8, 4) is 0 Å². The maximum Gasteiger partial charge on any atom is 0.0431 e. The van der Waals surface area contributed by atoms with Gasteiger partial charge in [0.1, 0.15) is 0 Å². The Hall–Kier alpha value is -0.120. The highest BCUT2D eigenvalue weighted by molar-refractivity contribution is 4.89. The monoisotopic (exact) mass is 298 g/mol. The highest BCUT2D eigenvalue weighted by Crippen LogP contribution is 2.36. The van der Waals surface area contributed by atoms with Crippen molar-refractivity contribution in [3.63, 3.8) is 0 Å². The summed E-state index contributed by atoms with van der Waals surface area (Å²) >= 11 is 0. The second-order valence-electron chi connectivity index (χ2n) is 8.19. The van der Waals surface area contributed by atoms with Gasteiger partial charge in [0, 0.05) is 25.2 Å². The minimum absolute atomic E-state index is 0.212. The molecule has 0 atom stereocenters. The average molecular weight is 299 g/mol. The highest BCUT2D eigenvalue weighted by Gasteiger charge is 2.33. The van der Waals surface area contributed by atoms with E-state index in [-0.39, 0.29) is 5.54 Å². The lowest BCUT2D eigenvalue weighted by atomic mass is 9.73. The van der Waals surface area contributed by atoms with Crippen LogP contribution in [0.2, 0.25) is 0 Å². The van der Waals surface area contributed by atoms with Crippen LogP contribution >= 0.6 is 0 Å². The first-order chi connectivity index (χ1) is 9.87. The average Bonchev–Trinajstić information content (AvgIpc) is 2.42. The molecular formula is C18H38N2O. The Balaban J connectivity index is 2.44. The molecule has 2 N–H and O–H groups in total. The number of nitrogens with zero attached hydrogens (tertiary/aromatic N) is 1. The summed E-state index contributed by atoms with van der Waals surface area (Å²) in [6.45, 7) is 10.7. The first-order valence-electron chi connectivity index (χ1n) is 8.91. The molecule has 3 nitrogen and oxygen atoms in total. The molecule has 0 heterocycles. The van der Waals surface area contributed by atoms with Gasteiger partial charge in [-0.3, -0.25) is 0 Å². The predicted octanol–water partition coefficient (Wildman–Crippen LogP) is 3.42. The first-order valence-corrected chi connectivity index (χ1v) is 8.91. The van der Waals surface area contributed by atoms with E-state index in [0.717, 1.165) is 25.9 Å². The van der Waals surface area contributed by atoms with E-state index in [1.54, 1.807) is 0 Å². The SMILES string of the molecule is CN(CCCCCO)CC1(CNC(C)(C)C)CCCCC1. The van der Waals surface area contributed by atoms with E-state index in [4.69, 9.17) is 5.11 Å². The van der Waals surface area contributed by atoms with Gasteiger partial charge in [0.25, 0.3) is 0 Å². The summed E-state index contributed by atoms with van der Waals surface area (Å²) in [5.74, 6) is 0. The van der Waals surface area contributed by atoms with Gasteiger partial charge in [0.2, 0.25) is 0 Å². The molecule has 126 valence electrons. The van der Waals surface area contributed by atoms with Gasteiger partial charge < -0.3 is 15.3 Å². The lowest BCUT2D eigenvalue weighted by Gasteiger charge is -2.42. The molecule has 1 aliphatic rings. The molecular weight excluding hydrogens is 260 g/mol. The fourth-order valence-electron chi connectivity index (χ4n) is 3.47. The standard InChI is InChI=1S/C18H38N2O/c1-17(2,3)19-15-18(11-7-5-8-12-18)16-20(4)13-9-6-10-14-21/h19,21H,5-16H2,1-4H3. The van der Waals surface area contributed by atoms with Gasteiger partial charge in [0.15, 0.2) is 0 Å². The fourth-order valence-corrected chi connectivity index (χ4v) is 3.47.